The second kappa shape index (κ2) is 7.00. The van der Waals surface area contributed by atoms with Gasteiger partial charge in [0.2, 0.25) is 5.91 Å². The van der Waals surface area contributed by atoms with E-state index in [0.717, 1.165) is 5.56 Å². The molecular weight excluding hydrogens is 361 g/mol. The summed E-state index contributed by atoms with van der Waals surface area (Å²) in [5.74, 6) is -0.734. The number of aromatic nitrogens is 3. The number of amides is 1. The first-order valence-corrected chi connectivity index (χ1v) is 8.43. The van der Waals surface area contributed by atoms with Crippen molar-refractivity contribution in [3.8, 4) is 11.3 Å². The van der Waals surface area contributed by atoms with Crippen LogP contribution in [0.4, 0.5) is 15.2 Å². The summed E-state index contributed by atoms with van der Waals surface area (Å²) in [6, 6.07) is 5.88. The van der Waals surface area contributed by atoms with Crippen LogP contribution in [0.15, 0.2) is 29.6 Å². The minimum atomic E-state index is -0.512. The molecule has 3 rings (SSSR count). The maximum Gasteiger partial charge on any atom is 0.312 e. The summed E-state index contributed by atoms with van der Waals surface area (Å²) < 4.78 is 14.3. The van der Waals surface area contributed by atoms with Crippen LogP contribution in [0.3, 0.4) is 0 Å². The second-order valence-corrected chi connectivity index (χ2v) is 6.39. The number of aryl methyl sites for hydroxylation is 1. The van der Waals surface area contributed by atoms with Crippen molar-refractivity contribution in [3.63, 3.8) is 0 Å². The predicted molar refractivity (Wildman–Crippen MR) is 94.5 cm³/mol. The number of nitrogens with one attached hydrogen (secondary N) is 1. The molecule has 1 aromatic carbocycles. The van der Waals surface area contributed by atoms with Crippen molar-refractivity contribution < 1.29 is 14.1 Å². The largest absolute Gasteiger partial charge is 0.312 e. The van der Waals surface area contributed by atoms with Crippen molar-refractivity contribution in [2.45, 2.75) is 20.4 Å². The van der Waals surface area contributed by atoms with Crippen molar-refractivity contribution in [2.24, 2.45) is 0 Å². The monoisotopic (exact) mass is 375 g/mol. The number of nitrogens with zero attached hydrogens (tertiary/aromatic N) is 4. The van der Waals surface area contributed by atoms with Crippen LogP contribution in [0.1, 0.15) is 11.4 Å². The molecular formula is C16H14FN5O3S. The van der Waals surface area contributed by atoms with Gasteiger partial charge in [-0.05, 0) is 38.1 Å². The van der Waals surface area contributed by atoms with E-state index < -0.39 is 10.8 Å². The fourth-order valence-electron chi connectivity index (χ4n) is 2.48. The average Bonchev–Trinajstić information content (AvgIpc) is 3.13. The molecule has 8 nitrogen and oxygen atoms in total. The van der Waals surface area contributed by atoms with Crippen LogP contribution in [0.25, 0.3) is 11.3 Å². The molecule has 0 fully saturated rings. The molecule has 0 aliphatic rings. The van der Waals surface area contributed by atoms with E-state index in [2.05, 4.69) is 15.4 Å². The molecule has 0 bridgehead atoms. The summed E-state index contributed by atoms with van der Waals surface area (Å²) in [5.41, 5.74) is 1.83. The molecule has 134 valence electrons. The number of anilines is 1. The number of hydrogen-bond acceptors (Lipinski definition) is 6. The van der Waals surface area contributed by atoms with Crippen LogP contribution in [-0.4, -0.2) is 25.6 Å². The standard InChI is InChI=1S/C16H14FN5O3S/c1-9-15(22(24)25)10(2)21(20-9)7-14(23)19-16-18-13(8-26-16)11-3-5-12(17)6-4-11/h3-6,8H,7H2,1-2H3,(H,18,19,23). The lowest BCUT2D eigenvalue weighted by Gasteiger charge is -2.03. The van der Waals surface area contributed by atoms with Gasteiger partial charge >= 0.3 is 5.69 Å². The molecule has 0 saturated heterocycles. The molecule has 0 saturated carbocycles. The molecule has 0 unspecified atom stereocenters. The Hall–Kier alpha value is -3.14. The van der Waals surface area contributed by atoms with E-state index in [1.807, 2.05) is 0 Å². The van der Waals surface area contributed by atoms with Gasteiger partial charge in [0, 0.05) is 10.9 Å². The Labute approximate surface area is 151 Å². The summed E-state index contributed by atoms with van der Waals surface area (Å²) in [6.07, 6.45) is 0. The highest BCUT2D eigenvalue weighted by atomic mass is 32.1. The highest BCUT2D eigenvalue weighted by molar-refractivity contribution is 7.14. The van der Waals surface area contributed by atoms with Crippen LogP contribution in [0, 0.1) is 29.8 Å². The lowest BCUT2D eigenvalue weighted by molar-refractivity contribution is -0.386. The normalized spacial score (nSPS) is 10.7. The first kappa shape index (κ1) is 17.7. The lowest BCUT2D eigenvalue weighted by atomic mass is 10.2. The molecule has 0 aliphatic heterocycles. The van der Waals surface area contributed by atoms with Crippen molar-refractivity contribution in [1.29, 1.82) is 0 Å². The molecule has 0 aliphatic carbocycles. The third-order valence-corrected chi connectivity index (χ3v) is 4.47. The number of halogens is 1. The zero-order valence-electron chi connectivity index (χ0n) is 13.9. The van der Waals surface area contributed by atoms with E-state index >= 15 is 0 Å². The van der Waals surface area contributed by atoms with Crippen LogP contribution in [0.5, 0.6) is 0 Å². The first-order valence-electron chi connectivity index (χ1n) is 7.55. The average molecular weight is 375 g/mol. The maximum atomic E-state index is 13.0. The zero-order valence-corrected chi connectivity index (χ0v) is 14.7. The van der Waals surface area contributed by atoms with Gasteiger partial charge < -0.3 is 5.32 Å². The number of carbonyl (C=O) groups excluding carboxylic acids is 1. The number of benzene rings is 1. The topological polar surface area (TPSA) is 103 Å². The van der Waals surface area contributed by atoms with E-state index in [0.29, 0.717) is 16.5 Å². The van der Waals surface area contributed by atoms with Gasteiger partial charge in [-0.25, -0.2) is 9.37 Å². The molecule has 3 aromatic rings. The van der Waals surface area contributed by atoms with E-state index in [-0.39, 0.29) is 23.7 Å². The van der Waals surface area contributed by atoms with Gasteiger partial charge in [-0.1, -0.05) is 0 Å². The number of thiazole rings is 1. The molecule has 0 radical (unpaired) electrons. The summed E-state index contributed by atoms with van der Waals surface area (Å²) in [6.45, 7) is 2.91. The van der Waals surface area contributed by atoms with Crippen molar-refractivity contribution in [3.05, 3.63) is 57.0 Å². The van der Waals surface area contributed by atoms with Gasteiger partial charge in [0.25, 0.3) is 0 Å². The smallest absolute Gasteiger partial charge is 0.300 e. The molecule has 26 heavy (non-hydrogen) atoms. The Bertz CT molecular complexity index is 980. The van der Waals surface area contributed by atoms with Crippen LogP contribution >= 0.6 is 11.3 Å². The summed E-state index contributed by atoms with van der Waals surface area (Å²) >= 11 is 1.23. The molecule has 2 heterocycles. The molecule has 10 heteroatoms. The van der Waals surface area contributed by atoms with Gasteiger partial charge in [0.1, 0.15) is 23.7 Å². The first-order chi connectivity index (χ1) is 12.3. The van der Waals surface area contributed by atoms with Crippen molar-refractivity contribution in [1.82, 2.24) is 14.8 Å². The van der Waals surface area contributed by atoms with E-state index in [1.165, 1.54) is 35.1 Å². The van der Waals surface area contributed by atoms with Gasteiger partial charge in [0.15, 0.2) is 5.13 Å². The summed E-state index contributed by atoms with van der Waals surface area (Å²) in [7, 11) is 0. The Balaban J connectivity index is 1.70. The Morgan fingerprint density at radius 3 is 2.65 bits per heavy atom. The van der Waals surface area contributed by atoms with Gasteiger partial charge in [0.05, 0.1) is 10.6 Å². The fourth-order valence-corrected chi connectivity index (χ4v) is 3.22. The Morgan fingerprint density at radius 2 is 2.04 bits per heavy atom. The quantitative estimate of drug-likeness (QED) is 0.544. The van der Waals surface area contributed by atoms with Gasteiger partial charge in [-0.15, -0.1) is 11.3 Å². The third-order valence-electron chi connectivity index (χ3n) is 3.71. The van der Waals surface area contributed by atoms with Crippen LogP contribution in [0.2, 0.25) is 0 Å². The molecule has 1 N–H and O–H groups in total. The fraction of sp³-hybridized carbons (Fsp3) is 0.188. The maximum absolute atomic E-state index is 13.0. The van der Waals surface area contributed by atoms with Gasteiger partial charge in [-0.3, -0.25) is 19.6 Å². The minimum Gasteiger partial charge on any atom is -0.300 e. The highest BCUT2D eigenvalue weighted by Crippen LogP contribution is 2.25. The number of hydrogen-bond donors (Lipinski definition) is 1. The van der Waals surface area contributed by atoms with Crippen molar-refractivity contribution in [2.75, 3.05) is 5.32 Å². The Kier molecular flexibility index (Phi) is 4.76. The summed E-state index contributed by atoms with van der Waals surface area (Å²) in [4.78, 5) is 27.0. The zero-order chi connectivity index (χ0) is 18.8. The molecule has 0 spiro atoms. The number of nitro groups is 1. The number of carbonyl (C=O) groups is 1. The molecule has 2 aromatic heterocycles. The van der Waals surface area contributed by atoms with Gasteiger partial charge in [-0.2, -0.15) is 5.10 Å². The molecule has 0 atom stereocenters. The second-order valence-electron chi connectivity index (χ2n) is 5.53. The van der Waals surface area contributed by atoms with Crippen molar-refractivity contribution >= 4 is 28.1 Å². The Morgan fingerprint density at radius 1 is 1.35 bits per heavy atom. The van der Waals surface area contributed by atoms with Crippen LogP contribution in [-0.2, 0) is 11.3 Å². The SMILES string of the molecule is Cc1nn(CC(=O)Nc2nc(-c3ccc(F)cc3)cs2)c(C)c1[N+](=O)[O-]. The van der Waals surface area contributed by atoms with Crippen LogP contribution < -0.4 is 5.32 Å². The summed E-state index contributed by atoms with van der Waals surface area (Å²) in [5, 5.41) is 19.8. The minimum absolute atomic E-state index is 0.0920. The molecule has 1 amide bonds. The lowest BCUT2D eigenvalue weighted by Crippen LogP contribution is -2.20. The van der Waals surface area contributed by atoms with E-state index in [1.54, 1.807) is 24.4 Å². The number of rotatable bonds is 5. The third kappa shape index (κ3) is 3.59. The van der Waals surface area contributed by atoms with E-state index in [4.69, 9.17) is 0 Å². The highest BCUT2D eigenvalue weighted by Gasteiger charge is 2.23. The predicted octanol–water partition coefficient (Wildman–Crippen LogP) is 3.31. The van der Waals surface area contributed by atoms with E-state index in [9.17, 15) is 19.3 Å².